The van der Waals surface area contributed by atoms with Crippen LogP contribution >= 0.6 is 24.0 Å². The highest BCUT2D eigenvalue weighted by Gasteiger charge is 2.23. The summed E-state index contributed by atoms with van der Waals surface area (Å²) in [5.41, 5.74) is 1.38. The molecular weight excluding hydrogens is 437 g/mol. The number of nitrogens with zero attached hydrogens (tertiary/aromatic N) is 3. The standard InChI is InChI=1S/C20H35N5.HI/c1-17(2)24(4)15-12-22-20(21-3)23-16-19(25-13-8-9-14-25)18-10-6-5-7-11-18;/h5-7,10-11,17,19H,8-9,12-16H2,1-4H3,(H2,21,22,23);1H. The zero-order chi connectivity index (χ0) is 18.1. The summed E-state index contributed by atoms with van der Waals surface area (Å²) in [5.74, 6) is 0.886. The predicted octanol–water partition coefficient (Wildman–Crippen LogP) is 2.95. The molecule has 0 bridgehead atoms. The lowest BCUT2D eigenvalue weighted by atomic mass is 10.1. The minimum atomic E-state index is 0. The molecule has 0 saturated carbocycles. The van der Waals surface area contributed by atoms with Crippen LogP contribution in [-0.4, -0.2) is 68.6 Å². The molecule has 1 aromatic carbocycles. The highest BCUT2D eigenvalue weighted by molar-refractivity contribution is 14.0. The van der Waals surface area contributed by atoms with Crippen LogP contribution in [0.1, 0.15) is 38.3 Å². The lowest BCUT2D eigenvalue weighted by Crippen LogP contribution is -2.45. The van der Waals surface area contributed by atoms with E-state index in [2.05, 4.69) is 76.7 Å². The van der Waals surface area contributed by atoms with Crippen LogP contribution in [0, 0.1) is 0 Å². The Balaban J connectivity index is 0.00000338. The molecule has 2 N–H and O–H groups in total. The van der Waals surface area contributed by atoms with Crippen LogP contribution in [0.2, 0.25) is 0 Å². The Bertz CT molecular complexity index is 514. The summed E-state index contributed by atoms with van der Waals surface area (Å²) in [4.78, 5) is 9.30. The fraction of sp³-hybridized carbons (Fsp3) is 0.650. The molecule has 1 aliphatic heterocycles. The summed E-state index contributed by atoms with van der Waals surface area (Å²) in [6, 6.07) is 11.8. The molecular formula is C20H36IN5. The van der Waals surface area contributed by atoms with Crippen molar-refractivity contribution >= 4 is 29.9 Å². The summed E-state index contributed by atoms with van der Waals surface area (Å²) < 4.78 is 0. The van der Waals surface area contributed by atoms with Gasteiger partial charge < -0.3 is 15.5 Å². The van der Waals surface area contributed by atoms with E-state index in [-0.39, 0.29) is 24.0 Å². The number of hydrogen-bond donors (Lipinski definition) is 2. The Morgan fingerprint density at radius 1 is 1.15 bits per heavy atom. The van der Waals surface area contributed by atoms with Crippen LogP contribution in [0.4, 0.5) is 0 Å². The van der Waals surface area contributed by atoms with Gasteiger partial charge in [-0.05, 0) is 52.4 Å². The molecule has 0 radical (unpaired) electrons. The molecule has 0 aliphatic carbocycles. The summed E-state index contributed by atoms with van der Waals surface area (Å²) in [5, 5.41) is 6.96. The molecule has 0 aromatic heterocycles. The molecule has 1 aliphatic rings. The molecule has 1 saturated heterocycles. The van der Waals surface area contributed by atoms with Gasteiger partial charge in [0.2, 0.25) is 0 Å². The van der Waals surface area contributed by atoms with Crippen molar-refractivity contribution in [3.63, 3.8) is 0 Å². The lowest BCUT2D eigenvalue weighted by Gasteiger charge is -2.29. The second-order valence-electron chi connectivity index (χ2n) is 7.12. The molecule has 6 heteroatoms. The van der Waals surface area contributed by atoms with Crippen molar-refractivity contribution in [3.05, 3.63) is 35.9 Å². The zero-order valence-electron chi connectivity index (χ0n) is 16.7. The number of halogens is 1. The molecule has 148 valence electrons. The Morgan fingerprint density at radius 2 is 1.81 bits per heavy atom. The van der Waals surface area contributed by atoms with Crippen LogP contribution < -0.4 is 10.6 Å². The maximum Gasteiger partial charge on any atom is 0.191 e. The Hall–Kier alpha value is -0.860. The van der Waals surface area contributed by atoms with Crippen LogP contribution in [0.3, 0.4) is 0 Å². The monoisotopic (exact) mass is 473 g/mol. The molecule has 2 rings (SSSR count). The summed E-state index contributed by atoms with van der Waals surface area (Å²) in [7, 11) is 4.00. The Kier molecular flexibility index (Phi) is 11.2. The number of likely N-dealkylation sites (N-methyl/N-ethyl adjacent to an activating group) is 1. The van der Waals surface area contributed by atoms with Gasteiger partial charge in [0.05, 0.1) is 6.04 Å². The predicted molar refractivity (Wildman–Crippen MR) is 123 cm³/mol. The smallest absolute Gasteiger partial charge is 0.191 e. The number of nitrogens with one attached hydrogen (secondary N) is 2. The average Bonchev–Trinajstić information content (AvgIpc) is 3.15. The molecule has 0 amide bonds. The Morgan fingerprint density at radius 3 is 2.38 bits per heavy atom. The van der Waals surface area contributed by atoms with Gasteiger partial charge in [-0.15, -0.1) is 24.0 Å². The fourth-order valence-corrected chi connectivity index (χ4v) is 3.21. The fourth-order valence-electron chi connectivity index (χ4n) is 3.21. The van der Waals surface area contributed by atoms with Gasteiger partial charge in [-0.1, -0.05) is 30.3 Å². The molecule has 1 atom stereocenters. The average molecular weight is 473 g/mol. The molecule has 1 unspecified atom stereocenters. The van der Waals surface area contributed by atoms with Gasteiger partial charge in [0.25, 0.3) is 0 Å². The van der Waals surface area contributed by atoms with Gasteiger partial charge in [-0.2, -0.15) is 0 Å². The number of guanidine groups is 1. The summed E-state index contributed by atoms with van der Waals surface area (Å²) >= 11 is 0. The highest BCUT2D eigenvalue weighted by Crippen LogP contribution is 2.24. The Labute approximate surface area is 176 Å². The zero-order valence-corrected chi connectivity index (χ0v) is 19.1. The van der Waals surface area contributed by atoms with E-state index in [1.54, 1.807) is 0 Å². The first-order chi connectivity index (χ1) is 12.1. The number of hydrogen-bond acceptors (Lipinski definition) is 3. The minimum Gasteiger partial charge on any atom is -0.355 e. The van der Waals surface area contributed by atoms with Gasteiger partial charge in [0.1, 0.15) is 0 Å². The van der Waals surface area contributed by atoms with Crippen molar-refractivity contribution in [3.8, 4) is 0 Å². The van der Waals surface area contributed by atoms with Crippen molar-refractivity contribution in [1.82, 2.24) is 20.4 Å². The SMILES string of the molecule is CN=C(NCCN(C)C(C)C)NCC(c1ccccc1)N1CCCC1.I. The van der Waals surface area contributed by atoms with Crippen LogP contribution in [0.25, 0.3) is 0 Å². The van der Waals surface area contributed by atoms with E-state index in [9.17, 15) is 0 Å². The maximum atomic E-state index is 4.38. The highest BCUT2D eigenvalue weighted by atomic mass is 127. The first kappa shape index (κ1) is 23.2. The van der Waals surface area contributed by atoms with Gasteiger partial charge in [-0.3, -0.25) is 9.89 Å². The van der Waals surface area contributed by atoms with Crippen molar-refractivity contribution in [2.45, 2.75) is 38.8 Å². The first-order valence-electron chi connectivity index (χ1n) is 9.55. The molecule has 1 aromatic rings. The normalized spacial score (nSPS) is 16.6. The third kappa shape index (κ3) is 7.40. The molecule has 5 nitrogen and oxygen atoms in total. The van der Waals surface area contributed by atoms with E-state index >= 15 is 0 Å². The lowest BCUT2D eigenvalue weighted by molar-refractivity contribution is 0.245. The van der Waals surface area contributed by atoms with Gasteiger partial charge in [0.15, 0.2) is 5.96 Å². The minimum absolute atomic E-state index is 0. The quantitative estimate of drug-likeness (QED) is 0.346. The van der Waals surface area contributed by atoms with E-state index in [0.717, 1.165) is 25.6 Å². The van der Waals surface area contributed by atoms with Crippen molar-refractivity contribution in [2.75, 3.05) is 46.8 Å². The van der Waals surface area contributed by atoms with Crippen LogP contribution in [-0.2, 0) is 0 Å². The third-order valence-corrected chi connectivity index (χ3v) is 5.09. The van der Waals surface area contributed by atoms with Crippen molar-refractivity contribution < 1.29 is 0 Å². The van der Waals surface area contributed by atoms with E-state index in [1.165, 1.54) is 31.5 Å². The topological polar surface area (TPSA) is 42.9 Å². The van der Waals surface area contributed by atoms with Crippen LogP contribution in [0.5, 0.6) is 0 Å². The third-order valence-electron chi connectivity index (χ3n) is 5.09. The molecule has 0 spiro atoms. The second-order valence-corrected chi connectivity index (χ2v) is 7.12. The number of benzene rings is 1. The van der Waals surface area contributed by atoms with E-state index in [0.29, 0.717) is 12.1 Å². The van der Waals surface area contributed by atoms with E-state index < -0.39 is 0 Å². The van der Waals surface area contributed by atoms with Gasteiger partial charge in [-0.25, -0.2) is 0 Å². The largest absolute Gasteiger partial charge is 0.355 e. The molecule has 26 heavy (non-hydrogen) atoms. The van der Waals surface area contributed by atoms with Gasteiger partial charge in [0, 0.05) is 32.7 Å². The number of rotatable bonds is 8. The van der Waals surface area contributed by atoms with E-state index in [4.69, 9.17) is 0 Å². The van der Waals surface area contributed by atoms with Gasteiger partial charge >= 0.3 is 0 Å². The van der Waals surface area contributed by atoms with Crippen molar-refractivity contribution in [2.24, 2.45) is 4.99 Å². The van der Waals surface area contributed by atoms with Crippen molar-refractivity contribution in [1.29, 1.82) is 0 Å². The number of aliphatic imine (C=N–C) groups is 1. The first-order valence-corrected chi connectivity index (χ1v) is 9.55. The van der Waals surface area contributed by atoms with E-state index in [1.807, 2.05) is 7.05 Å². The van der Waals surface area contributed by atoms with Crippen LogP contribution in [0.15, 0.2) is 35.3 Å². The molecule has 1 heterocycles. The number of likely N-dealkylation sites (tertiary alicyclic amines) is 1. The summed E-state index contributed by atoms with van der Waals surface area (Å²) in [6.07, 6.45) is 2.61. The maximum absolute atomic E-state index is 4.38. The summed E-state index contributed by atoms with van der Waals surface area (Å²) in [6.45, 7) is 9.59. The second kappa shape index (κ2) is 12.5. The molecule has 1 fully saturated rings.